The topological polar surface area (TPSA) is 125 Å². The van der Waals surface area contributed by atoms with Crippen molar-refractivity contribution in [3.8, 4) is 11.5 Å². The first kappa shape index (κ1) is 32.5. The van der Waals surface area contributed by atoms with Gasteiger partial charge in [-0.15, -0.1) is 0 Å². The smallest absolute Gasteiger partial charge is 0.247 e. The number of nitrogens with zero attached hydrogens (tertiary/aromatic N) is 1. The van der Waals surface area contributed by atoms with Crippen molar-refractivity contribution in [2.75, 3.05) is 26.8 Å². The lowest BCUT2D eigenvalue weighted by atomic mass is 9.87. The summed E-state index contributed by atoms with van der Waals surface area (Å²) in [5.74, 6) is -0.472. The highest BCUT2D eigenvalue weighted by Crippen LogP contribution is 2.37. The molecule has 3 rings (SSSR count). The van der Waals surface area contributed by atoms with E-state index < -0.39 is 24.2 Å². The van der Waals surface area contributed by atoms with E-state index in [-0.39, 0.29) is 61.3 Å². The average molecular weight is 683 g/mol. The molecule has 9 nitrogen and oxygen atoms in total. The number of aliphatic hydroxyl groups is 2. The highest BCUT2D eigenvalue weighted by atomic mass is 127. The SMILES string of the molecule is CCCCC(=O)N(CCc1cccc(F)c1)C1CC(C(=O)NCCO)=CC(Oc2c(I)cc(C=O)cc2OC)C1O. The van der Waals surface area contributed by atoms with E-state index in [0.717, 1.165) is 6.42 Å². The number of hydrogen-bond acceptors (Lipinski definition) is 7. The zero-order chi connectivity index (χ0) is 29.9. The summed E-state index contributed by atoms with van der Waals surface area (Å²) < 4.78 is 26.1. The summed E-state index contributed by atoms with van der Waals surface area (Å²) in [7, 11) is 1.43. The summed E-state index contributed by atoms with van der Waals surface area (Å²) >= 11 is 2.00. The second kappa shape index (κ2) is 15.8. The molecule has 0 saturated heterocycles. The van der Waals surface area contributed by atoms with Crippen LogP contribution < -0.4 is 14.8 Å². The van der Waals surface area contributed by atoms with Gasteiger partial charge in [-0.05, 0) is 71.3 Å². The van der Waals surface area contributed by atoms with Crippen LogP contribution in [0.15, 0.2) is 48.0 Å². The maximum absolute atomic E-state index is 13.8. The molecule has 2 amide bonds. The monoisotopic (exact) mass is 682 g/mol. The molecule has 0 fully saturated rings. The van der Waals surface area contributed by atoms with Crippen molar-refractivity contribution >= 4 is 40.7 Å². The van der Waals surface area contributed by atoms with Crippen molar-refractivity contribution in [3.05, 3.63) is 68.6 Å². The first-order chi connectivity index (χ1) is 19.7. The Balaban J connectivity index is 1.99. The fourth-order valence-corrected chi connectivity index (χ4v) is 5.48. The van der Waals surface area contributed by atoms with Crippen LogP contribution in [0, 0.1) is 9.39 Å². The highest BCUT2D eigenvalue weighted by molar-refractivity contribution is 14.1. The molecule has 0 radical (unpaired) electrons. The van der Waals surface area contributed by atoms with Crippen molar-refractivity contribution in [2.45, 2.75) is 57.3 Å². The Bertz CT molecular complexity index is 1260. The first-order valence-electron chi connectivity index (χ1n) is 13.5. The number of benzene rings is 2. The lowest BCUT2D eigenvalue weighted by molar-refractivity contribution is -0.138. The quantitative estimate of drug-likeness (QED) is 0.206. The predicted molar refractivity (Wildman–Crippen MR) is 159 cm³/mol. The molecule has 2 aromatic carbocycles. The second-order valence-corrected chi connectivity index (χ2v) is 10.9. The lowest BCUT2D eigenvalue weighted by Gasteiger charge is -2.41. The van der Waals surface area contributed by atoms with Gasteiger partial charge in [0.1, 0.15) is 24.3 Å². The van der Waals surface area contributed by atoms with Gasteiger partial charge in [0.15, 0.2) is 11.5 Å². The van der Waals surface area contributed by atoms with Gasteiger partial charge in [-0.3, -0.25) is 14.4 Å². The van der Waals surface area contributed by atoms with E-state index in [9.17, 15) is 29.0 Å². The third-order valence-corrected chi connectivity index (χ3v) is 7.65. The summed E-state index contributed by atoms with van der Waals surface area (Å²) in [5, 5.41) is 23.5. The molecule has 1 aliphatic carbocycles. The number of halogens is 2. The minimum Gasteiger partial charge on any atom is -0.493 e. The number of hydrogen-bond donors (Lipinski definition) is 3. The van der Waals surface area contributed by atoms with Gasteiger partial charge >= 0.3 is 0 Å². The van der Waals surface area contributed by atoms with Crippen molar-refractivity contribution in [2.24, 2.45) is 0 Å². The summed E-state index contributed by atoms with van der Waals surface area (Å²) in [6.07, 6.45) is 2.01. The molecule has 0 saturated carbocycles. The van der Waals surface area contributed by atoms with Gasteiger partial charge < -0.3 is 29.9 Å². The molecule has 222 valence electrons. The van der Waals surface area contributed by atoms with Crippen molar-refractivity contribution in [1.29, 1.82) is 0 Å². The number of carbonyl (C=O) groups is 3. The number of ether oxygens (including phenoxy) is 2. The number of methoxy groups -OCH3 is 1. The van der Waals surface area contributed by atoms with Gasteiger partial charge in [0, 0.05) is 37.1 Å². The fraction of sp³-hybridized carbons (Fsp3) is 0.433. The zero-order valence-electron chi connectivity index (χ0n) is 23.1. The van der Waals surface area contributed by atoms with Crippen LogP contribution in [0.4, 0.5) is 4.39 Å². The maximum atomic E-state index is 13.8. The third-order valence-electron chi connectivity index (χ3n) is 6.85. The Kier molecular flexibility index (Phi) is 12.5. The molecule has 3 N–H and O–H groups in total. The summed E-state index contributed by atoms with van der Waals surface area (Å²) in [4.78, 5) is 39.4. The van der Waals surface area contributed by atoms with Crippen LogP contribution in [-0.4, -0.2) is 78.3 Å². The highest BCUT2D eigenvalue weighted by Gasteiger charge is 2.40. The molecular formula is C30H36FIN2O7. The van der Waals surface area contributed by atoms with E-state index in [2.05, 4.69) is 5.32 Å². The van der Waals surface area contributed by atoms with E-state index in [1.165, 1.54) is 31.4 Å². The molecule has 3 unspecified atom stereocenters. The molecule has 1 aliphatic rings. The zero-order valence-corrected chi connectivity index (χ0v) is 25.3. The Labute approximate surface area is 252 Å². The number of aldehydes is 1. The molecule has 0 bridgehead atoms. The number of rotatable bonds is 14. The summed E-state index contributed by atoms with van der Waals surface area (Å²) in [6, 6.07) is 8.42. The minimum absolute atomic E-state index is 0.0342. The van der Waals surface area contributed by atoms with Crippen LogP contribution in [0.25, 0.3) is 0 Å². The minimum atomic E-state index is -1.23. The molecule has 41 heavy (non-hydrogen) atoms. The molecule has 0 aromatic heterocycles. The first-order valence-corrected chi connectivity index (χ1v) is 14.6. The number of carbonyl (C=O) groups excluding carboxylic acids is 3. The number of nitrogens with one attached hydrogen (secondary N) is 1. The van der Waals surface area contributed by atoms with Crippen molar-refractivity contribution < 1.29 is 38.5 Å². The summed E-state index contributed by atoms with van der Waals surface area (Å²) in [5.41, 5.74) is 1.36. The van der Waals surface area contributed by atoms with Crippen LogP contribution in [0.1, 0.15) is 48.5 Å². The van der Waals surface area contributed by atoms with E-state index in [4.69, 9.17) is 9.47 Å². The van der Waals surface area contributed by atoms with Gasteiger partial charge in [0.25, 0.3) is 0 Å². The largest absolute Gasteiger partial charge is 0.493 e. The van der Waals surface area contributed by atoms with Gasteiger partial charge in [-0.25, -0.2) is 4.39 Å². The van der Waals surface area contributed by atoms with Crippen LogP contribution in [0.3, 0.4) is 0 Å². The van der Waals surface area contributed by atoms with Gasteiger partial charge in [-0.2, -0.15) is 0 Å². The van der Waals surface area contributed by atoms with Gasteiger partial charge in [-0.1, -0.05) is 25.5 Å². The molecule has 0 spiro atoms. The lowest BCUT2D eigenvalue weighted by Crippen LogP contribution is -2.55. The van der Waals surface area contributed by atoms with Crippen LogP contribution in [0.5, 0.6) is 11.5 Å². The average Bonchev–Trinajstić information content (AvgIpc) is 2.97. The predicted octanol–water partition coefficient (Wildman–Crippen LogP) is 3.43. The number of amides is 2. The number of unbranched alkanes of at least 4 members (excludes halogenated alkanes) is 1. The molecular weight excluding hydrogens is 646 g/mol. The molecule has 3 atom stereocenters. The Morgan fingerprint density at radius 3 is 2.71 bits per heavy atom. The third kappa shape index (κ3) is 8.73. The van der Waals surface area contributed by atoms with E-state index in [1.807, 2.05) is 29.5 Å². The fourth-order valence-electron chi connectivity index (χ4n) is 4.73. The Hall–Kier alpha value is -3.03. The van der Waals surface area contributed by atoms with Crippen LogP contribution >= 0.6 is 22.6 Å². The Morgan fingerprint density at radius 2 is 2.05 bits per heavy atom. The van der Waals surface area contributed by atoms with Crippen molar-refractivity contribution in [1.82, 2.24) is 10.2 Å². The van der Waals surface area contributed by atoms with Gasteiger partial charge in [0.2, 0.25) is 11.8 Å². The normalized spacial score (nSPS) is 18.3. The van der Waals surface area contributed by atoms with E-state index >= 15 is 0 Å². The second-order valence-electron chi connectivity index (χ2n) is 9.74. The van der Waals surface area contributed by atoms with Crippen molar-refractivity contribution in [3.63, 3.8) is 0 Å². The van der Waals surface area contributed by atoms with E-state index in [0.29, 0.717) is 33.8 Å². The van der Waals surface area contributed by atoms with Gasteiger partial charge in [0.05, 0.1) is 23.3 Å². The maximum Gasteiger partial charge on any atom is 0.247 e. The number of aliphatic hydroxyl groups excluding tert-OH is 2. The summed E-state index contributed by atoms with van der Waals surface area (Å²) in [6.45, 7) is 1.95. The standard InChI is InChI=1S/C30H36FIN2O7/c1-3-4-8-27(37)34(11-9-19-6-5-7-22(31)13-19)24-16-21(30(39)33-10-12-35)17-25(28(24)38)41-29-23(32)14-20(18-36)15-26(29)40-2/h5-7,13-15,17-18,24-25,28,35,38H,3-4,8-12,16H2,1-2H3,(H,33,39). The molecule has 2 aromatic rings. The molecule has 11 heteroatoms. The van der Waals surface area contributed by atoms with E-state index in [1.54, 1.807) is 23.1 Å². The van der Waals surface area contributed by atoms with Crippen LogP contribution in [-0.2, 0) is 16.0 Å². The van der Waals surface area contributed by atoms with Crippen LogP contribution in [0.2, 0.25) is 0 Å². The molecule has 0 aliphatic heterocycles. The Morgan fingerprint density at radius 1 is 1.27 bits per heavy atom. The molecule has 0 heterocycles.